The van der Waals surface area contributed by atoms with Gasteiger partial charge in [0.1, 0.15) is 0 Å². The largest absolute Gasteiger partial charge is 0.379 e. The molecule has 0 radical (unpaired) electrons. The molecule has 3 nitrogen and oxygen atoms in total. The van der Waals surface area contributed by atoms with E-state index in [4.69, 9.17) is 0 Å². The minimum absolute atomic E-state index is 0.624. The zero-order valence-electron chi connectivity index (χ0n) is 11.1. The maximum Gasteiger partial charge on any atom is 0.0603 e. The van der Waals surface area contributed by atoms with E-state index in [1.807, 2.05) is 13.1 Å². The van der Waals surface area contributed by atoms with Crippen molar-refractivity contribution >= 4 is 11.4 Å². The van der Waals surface area contributed by atoms with Gasteiger partial charge >= 0.3 is 0 Å². The first kappa shape index (κ1) is 10.9. The molecule has 1 atom stereocenters. The zero-order valence-corrected chi connectivity index (χ0v) is 11.1. The van der Waals surface area contributed by atoms with Crippen molar-refractivity contribution in [2.75, 3.05) is 23.3 Å². The van der Waals surface area contributed by atoms with Crippen molar-refractivity contribution in [3.63, 3.8) is 0 Å². The van der Waals surface area contributed by atoms with Gasteiger partial charge in [-0.05, 0) is 37.1 Å². The van der Waals surface area contributed by atoms with Crippen LogP contribution in [0.15, 0.2) is 36.5 Å². The molecule has 2 aromatic rings. The third kappa shape index (κ3) is 1.77. The molecule has 4 rings (SSSR count). The monoisotopic (exact) mass is 251 g/mol. The molecule has 0 saturated carbocycles. The second kappa shape index (κ2) is 3.98. The summed E-state index contributed by atoms with van der Waals surface area (Å²) in [7, 11) is 0. The van der Waals surface area contributed by atoms with Crippen LogP contribution in [0.1, 0.15) is 12.1 Å². The van der Waals surface area contributed by atoms with Crippen molar-refractivity contribution < 1.29 is 0 Å². The van der Waals surface area contributed by atoms with Gasteiger partial charge in [-0.25, -0.2) is 0 Å². The van der Waals surface area contributed by atoms with Gasteiger partial charge in [-0.2, -0.15) is 0 Å². The predicted octanol–water partition coefficient (Wildman–Crippen LogP) is 3.06. The standard InChI is InChI=1S/C16H17N3/c1-11-2-3-13(9-17-11)12-4-5-16-15(8-12)18-14-6-7-19(16)10-14/h2-5,8-9,14,18H,6-7,10H2,1H3/t14-/m0/s1. The van der Waals surface area contributed by atoms with Gasteiger partial charge in [0.05, 0.1) is 11.4 Å². The molecule has 19 heavy (non-hydrogen) atoms. The van der Waals surface area contributed by atoms with Crippen LogP contribution in [0.5, 0.6) is 0 Å². The lowest BCUT2D eigenvalue weighted by Crippen LogP contribution is -2.31. The minimum Gasteiger partial charge on any atom is -0.379 e. The van der Waals surface area contributed by atoms with Crippen LogP contribution in [-0.4, -0.2) is 24.1 Å². The Morgan fingerprint density at radius 2 is 2.11 bits per heavy atom. The molecule has 0 spiro atoms. The first-order valence-electron chi connectivity index (χ1n) is 6.88. The van der Waals surface area contributed by atoms with E-state index in [-0.39, 0.29) is 0 Å². The first-order valence-corrected chi connectivity index (χ1v) is 6.88. The molecule has 2 bridgehead atoms. The fourth-order valence-electron chi connectivity index (χ4n) is 3.06. The van der Waals surface area contributed by atoms with Gasteiger partial charge in [0.25, 0.3) is 0 Å². The number of nitrogens with zero attached hydrogens (tertiary/aromatic N) is 2. The smallest absolute Gasteiger partial charge is 0.0603 e. The molecule has 2 aliphatic heterocycles. The van der Waals surface area contributed by atoms with Crippen LogP contribution in [0.2, 0.25) is 0 Å². The highest BCUT2D eigenvalue weighted by molar-refractivity contribution is 5.80. The molecule has 1 aromatic heterocycles. The number of rotatable bonds is 1. The molecule has 3 heteroatoms. The summed E-state index contributed by atoms with van der Waals surface area (Å²) in [6, 6.07) is 11.5. The Kier molecular flexibility index (Phi) is 2.28. The number of anilines is 2. The Morgan fingerprint density at radius 1 is 1.21 bits per heavy atom. The predicted molar refractivity (Wildman–Crippen MR) is 78.7 cm³/mol. The van der Waals surface area contributed by atoms with Crippen LogP contribution in [0.25, 0.3) is 11.1 Å². The van der Waals surface area contributed by atoms with Gasteiger partial charge < -0.3 is 10.2 Å². The summed E-state index contributed by atoms with van der Waals surface area (Å²) in [5, 5.41) is 3.65. The highest BCUT2D eigenvalue weighted by atomic mass is 15.2. The van der Waals surface area contributed by atoms with Crippen LogP contribution >= 0.6 is 0 Å². The third-order valence-corrected chi connectivity index (χ3v) is 4.13. The zero-order chi connectivity index (χ0) is 12.8. The second-order valence-corrected chi connectivity index (χ2v) is 5.50. The number of nitrogens with one attached hydrogen (secondary N) is 1. The Bertz CT molecular complexity index is 618. The van der Waals surface area contributed by atoms with Crippen LogP contribution < -0.4 is 10.2 Å². The van der Waals surface area contributed by atoms with Crippen molar-refractivity contribution in [2.45, 2.75) is 19.4 Å². The summed E-state index contributed by atoms with van der Waals surface area (Å²) < 4.78 is 0. The molecule has 0 amide bonds. The highest BCUT2D eigenvalue weighted by Crippen LogP contribution is 2.37. The maximum atomic E-state index is 4.38. The van der Waals surface area contributed by atoms with Crippen LogP contribution in [0, 0.1) is 6.92 Å². The molecular formula is C16H17N3. The van der Waals surface area contributed by atoms with E-state index >= 15 is 0 Å². The fraction of sp³-hybridized carbons (Fsp3) is 0.312. The van der Waals surface area contributed by atoms with E-state index in [1.54, 1.807) is 0 Å². The molecule has 0 unspecified atom stereocenters. The van der Waals surface area contributed by atoms with Crippen molar-refractivity contribution in [3.8, 4) is 11.1 Å². The van der Waals surface area contributed by atoms with Crippen molar-refractivity contribution in [1.29, 1.82) is 0 Å². The van der Waals surface area contributed by atoms with Gasteiger partial charge in [0.15, 0.2) is 0 Å². The average molecular weight is 251 g/mol. The van der Waals surface area contributed by atoms with Crippen molar-refractivity contribution in [3.05, 3.63) is 42.2 Å². The molecular weight excluding hydrogens is 234 g/mol. The Hall–Kier alpha value is -2.03. The Labute approximate surface area is 113 Å². The van der Waals surface area contributed by atoms with E-state index in [9.17, 15) is 0 Å². The van der Waals surface area contributed by atoms with Crippen molar-refractivity contribution in [1.82, 2.24) is 4.98 Å². The third-order valence-electron chi connectivity index (χ3n) is 4.13. The molecule has 0 aliphatic carbocycles. The summed E-state index contributed by atoms with van der Waals surface area (Å²) in [5.41, 5.74) is 6.10. The first-order chi connectivity index (χ1) is 9.29. The fourth-order valence-corrected chi connectivity index (χ4v) is 3.06. The van der Waals surface area contributed by atoms with E-state index in [0.717, 1.165) is 12.2 Å². The normalized spacial score (nSPS) is 20.1. The number of hydrogen-bond donors (Lipinski definition) is 1. The summed E-state index contributed by atoms with van der Waals surface area (Å²) >= 11 is 0. The lowest BCUT2D eigenvalue weighted by molar-refractivity contribution is 0.796. The molecule has 1 saturated heterocycles. The molecule has 2 aliphatic rings. The number of aryl methyl sites for hydroxylation is 1. The molecule has 1 N–H and O–H groups in total. The molecule has 1 aromatic carbocycles. The molecule has 3 heterocycles. The second-order valence-electron chi connectivity index (χ2n) is 5.50. The minimum atomic E-state index is 0.624. The lowest BCUT2D eigenvalue weighted by Gasteiger charge is -2.29. The van der Waals surface area contributed by atoms with E-state index in [0.29, 0.717) is 6.04 Å². The summed E-state index contributed by atoms with van der Waals surface area (Å²) in [4.78, 5) is 6.86. The van der Waals surface area contributed by atoms with Crippen LogP contribution in [0.3, 0.4) is 0 Å². The summed E-state index contributed by atoms with van der Waals surface area (Å²) in [5.74, 6) is 0. The van der Waals surface area contributed by atoms with Gasteiger partial charge in [0, 0.05) is 36.6 Å². The van der Waals surface area contributed by atoms with E-state index in [1.165, 1.54) is 35.5 Å². The molecule has 1 fully saturated rings. The maximum absolute atomic E-state index is 4.38. The van der Waals surface area contributed by atoms with E-state index < -0.39 is 0 Å². The van der Waals surface area contributed by atoms with Gasteiger partial charge in [-0.1, -0.05) is 12.1 Å². The summed E-state index contributed by atoms with van der Waals surface area (Å²) in [6.07, 6.45) is 3.20. The molecule has 96 valence electrons. The average Bonchev–Trinajstić information content (AvgIpc) is 2.82. The summed E-state index contributed by atoms with van der Waals surface area (Å²) in [6.45, 7) is 4.34. The number of hydrogen-bond acceptors (Lipinski definition) is 3. The topological polar surface area (TPSA) is 28.2 Å². The Balaban J connectivity index is 1.76. The SMILES string of the molecule is Cc1ccc(-c2ccc3c(c2)N[C@H]2CCN3C2)cn1. The number of fused-ring (bicyclic) bond motifs is 4. The van der Waals surface area contributed by atoms with Gasteiger partial charge in [-0.3, -0.25) is 4.98 Å². The quantitative estimate of drug-likeness (QED) is 0.844. The van der Waals surface area contributed by atoms with E-state index in [2.05, 4.69) is 45.5 Å². The Morgan fingerprint density at radius 3 is 2.95 bits per heavy atom. The number of aromatic nitrogens is 1. The highest BCUT2D eigenvalue weighted by Gasteiger charge is 2.29. The van der Waals surface area contributed by atoms with Crippen molar-refractivity contribution in [2.24, 2.45) is 0 Å². The van der Waals surface area contributed by atoms with Gasteiger partial charge in [-0.15, -0.1) is 0 Å². The van der Waals surface area contributed by atoms with Crippen LogP contribution in [-0.2, 0) is 0 Å². The van der Waals surface area contributed by atoms with Crippen LogP contribution in [0.4, 0.5) is 11.4 Å². The lowest BCUT2D eigenvalue weighted by atomic mass is 10.0. The number of benzene rings is 1. The van der Waals surface area contributed by atoms with Gasteiger partial charge in [0.2, 0.25) is 0 Å². The number of pyridine rings is 1.